The fourth-order valence-corrected chi connectivity index (χ4v) is 3.13. The van der Waals surface area contributed by atoms with Crippen molar-refractivity contribution in [3.05, 3.63) is 71.9 Å². The van der Waals surface area contributed by atoms with Crippen molar-refractivity contribution in [2.45, 2.75) is 40.0 Å². The minimum absolute atomic E-state index is 0.0707. The van der Waals surface area contributed by atoms with Crippen molar-refractivity contribution in [1.82, 2.24) is 4.98 Å². The van der Waals surface area contributed by atoms with Crippen LogP contribution in [-0.2, 0) is 12.5 Å². The zero-order valence-electron chi connectivity index (χ0n) is 16.0. The minimum Gasteiger partial charge on any atom is -0.252 e. The summed E-state index contributed by atoms with van der Waals surface area (Å²) in [4.78, 5) is 4.35. The zero-order chi connectivity index (χ0) is 18.2. The van der Waals surface area contributed by atoms with Crippen LogP contribution in [0.4, 0.5) is 0 Å². The molecule has 0 amide bonds. The summed E-state index contributed by atoms with van der Waals surface area (Å²) in [6, 6.07) is 10.9. The first-order valence-corrected chi connectivity index (χ1v) is 8.72. The lowest BCUT2D eigenvalue weighted by atomic mass is 9.84. The van der Waals surface area contributed by atoms with E-state index in [1.807, 2.05) is 18.6 Å². The first-order valence-electron chi connectivity index (χ1n) is 8.72. The highest BCUT2D eigenvalue weighted by Gasteiger charge is 2.25. The molecule has 2 aromatic heterocycles. The number of aromatic nitrogens is 3. The van der Waals surface area contributed by atoms with Gasteiger partial charge in [0.05, 0.1) is 18.0 Å². The maximum atomic E-state index is 4.35. The lowest BCUT2D eigenvalue weighted by Crippen LogP contribution is -2.36. The van der Waals surface area contributed by atoms with Crippen molar-refractivity contribution < 1.29 is 9.13 Å². The second-order valence-electron chi connectivity index (χ2n) is 7.70. The van der Waals surface area contributed by atoms with E-state index in [-0.39, 0.29) is 5.41 Å². The third kappa shape index (κ3) is 3.32. The molecule has 0 spiro atoms. The van der Waals surface area contributed by atoms with E-state index in [9.17, 15) is 0 Å². The fraction of sp³-hybridized carbons (Fsp3) is 0.318. The summed E-state index contributed by atoms with van der Waals surface area (Å²) in [5, 5.41) is 0. The van der Waals surface area contributed by atoms with Gasteiger partial charge in [0.25, 0.3) is 0 Å². The van der Waals surface area contributed by atoms with Crippen molar-refractivity contribution >= 4 is 0 Å². The summed E-state index contributed by atoms with van der Waals surface area (Å²) in [6.45, 7) is 11.1. The van der Waals surface area contributed by atoms with E-state index in [1.54, 1.807) is 0 Å². The fourth-order valence-electron chi connectivity index (χ4n) is 3.13. The van der Waals surface area contributed by atoms with Gasteiger partial charge in [-0.1, -0.05) is 26.8 Å². The molecule has 2 heterocycles. The molecule has 25 heavy (non-hydrogen) atoms. The highest BCUT2D eigenvalue weighted by Crippen LogP contribution is 2.31. The Hall–Kier alpha value is -2.55. The number of nitrogens with zero attached hydrogens (tertiary/aromatic N) is 3. The predicted octanol–water partition coefficient (Wildman–Crippen LogP) is 3.76. The monoisotopic (exact) mass is 333 g/mol. The van der Waals surface area contributed by atoms with E-state index in [2.05, 4.69) is 92.3 Å². The Morgan fingerprint density at radius 1 is 1.00 bits per heavy atom. The molecule has 0 aliphatic rings. The Kier molecular flexibility index (Phi) is 4.42. The molecule has 128 valence electrons. The molecule has 3 nitrogen and oxygen atoms in total. The van der Waals surface area contributed by atoms with Gasteiger partial charge in [0.15, 0.2) is 18.1 Å². The standard InChI is InChI=1S/C22H27N3/c1-16-9-7-8-11-25(16)20-14-18(22(3,4)5)13-19(17(20)2)21-15-23-10-12-24(21)6/h7-15H,1-6H3/q+2. The van der Waals surface area contributed by atoms with Gasteiger partial charge >= 0.3 is 0 Å². The normalized spacial score (nSPS) is 11.6. The van der Waals surface area contributed by atoms with Gasteiger partial charge in [-0.2, -0.15) is 9.13 Å². The van der Waals surface area contributed by atoms with Gasteiger partial charge in [-0.15, -0.1) is 0 Å². The van der Waals surface area contributed by atoms with Crippen molar-refractivity contribution in [3.8, 4) is 16.9 Å². The molecule has 0 N–H and O–H groups in total. The van der Waals surface area contributed by atoms with E-state index in [0.29, 0.717) is 0 Å². The topological polar surface area (TPSA) is 20.6 Å². The number of benzene rings is 1. The largest absolute Gasteiger partial charge is 0.252 e. The van der Waals surface area contributed by atoms with Gasteiger partial charge in [-0.25, -0.2) is 0 Å². The van der Waals surface area contributed by atoms with Crippen LogP contribution in [0, 0.1) is 13.8 Å². The van der Waals surface area contributed by atoms with Crippen LogP contribution in [0.3, 0.4) is 0 Å². The molecule has 0 aliphatic heterocycles. The zero-order valence-corrected chi connectivity index (χ0v) is 16.0. The Labute approximate surface area is 150 Å². The van der Waals surface area contributed by atoms with Gasteiger partial charge in [0, 0.05) is 30.7 Å². The van der Waals surface area contributed by atoms with Gasteiger partial charge in [-0.3, -0.25) is 4.98 Å². The molecule has 1 aromatic carbocycles. The van der Waals surface area contributed by atoms with Gasteiger partial charge < -0.3 is 0 Å². The van der Waals surface area contributed by atoms with Crippen LogP contribution >= 0.6 is 0 Å². The third-order valence-corrected chi connectivity index (χ3v) is 4.80. The number of hydrogen-bond donors (Lipinski definition) is 0. The molecule has 0 atom stereocenters. The molecule has 3 aromatic rings. The highest BCUT2D eigenvalue weighted by atomic mass is 15.0. The molecule has 3 rings (SSSR count). The summed E-state index contributed by atoms with van der Waals surface area (Å²) in [7, 11) is 2.07. The molecule has 0 saturated heterocycles. The first kappa shape index (κ1) is 17.3. The Balaban J connectivity index is 2.35. The van der Waals surface area contributed by atoms with Crippen LogP contribution in [0.1, 0.15) is 37.6 Å². The third-order valence-electron chi connectivity index (χ3n) is 4.80. The molecule has 0 aliphatic carbocycles. The first-order chi connectivity index (χ1) is 11.8. The SMILES string of the molecule is Cc1c(-c2cncc[n+]2C)cc(C(C)(C)C)cc1-[n+]1ccccc1C. The van der Waals surface area contributed by atoms with Crippen molar-refractivity contribution in [3.63, 3.8) is 0 Å². The predicted molar refractivity (Wildman–Crippen MR) is 101 cm³/mol. The number of aryl methyl sites for hydroxylation is 2. The van der Waals surface area contributed by atoms with E-state index < -0.39 is 0 Å². The Morgan fingerprint density at radius 3 is 2.40 bits per heavy atom. The number of pyridine rings is 1. The van der Waals surface area contributed by atoms with Crippen LogP contribution in [0.5, 0.6) is 0 Å². The highest BCUT2D eigenvalue weighted by molar-refractivity contribution is 5.66. The van der Waals surface area contributed by atoms with E-state index >= 15 is 0 Å². The number of hydrogen-bond acceptors (Lipinski definition) is 1. The van der Waals surface area contributed by atoms with Crippen molar-refractivity contribution in [1.29, 1.82) is 0 Å². The average Bonchev–Trinajstić information content (AvgIpc) is 2.55. The average molecular weight is 333 g/mol. The van der Waals surface area contributed by atoms with Crippen LogP contribution in [0.15, 0.2) is 55.1 Å². The van der Waals surface area contributed by atoms with Crippen LogP contribution < -0.4 is 9.13 Å². The Bertz CT molecular complexity index is 854. The van der Waals surface area contributed by atoms with Crippen LogP contribution in [-0.4, -0.2) is 4.98 Å². The van der Waals surface area contributed by atoms with E-state index in [1.165, 1.54) is 28.1 Å². The van der Waals surface area contributed by atoms with Crippen molar-refractivity contribution in [2.75, 3.05) is 0 Å². The second kappa shape index (κ2) is 6.40. The summed E-state index contributed by atoms with van der Waals surface area (Å²) < 4.78 is 4.40. The van der Waals surface area contributed by atoms with Gasteiger partial charge in [-0.05, 0) is 24.0 Å². The maximum Gasteiger partial charge on any atom is 0.231 e. The number of rotatable bonds is 2. The van der Waals surface area contributed by atoms with Crippen LogP contribution in [0.2, 0.25) is 0 Å². The minimum atomic E-state index is 0.0707. The molecule has 0 radical (unpaired) electrons. The smallest absolute Gasteiger partial charge is 0.231 e. The second-order valence-corrected chi connectivity index (χ2v) is 7.70. The lowest BCUT2D eigenvalue weighted by molar-refractivity contribution is -0.661. The summed E-state index contributed by atoms with van der Waals surface area (Å²) in [5.41, 5.74) is 7.46. The van der Waals surface area contributed by atoms with Crippen LogP contribution in [0.25, 0.3) is 16.9 Å². The molecular weight excluding hydrogens is 306 g/mol. The van der Waals surface area contributed by atoms with E-state index in [4.69, 9.17) is 0 Å². The molecule has 0 bridgehead atoms. The molecule has 3 heteroatoms. The maximum absolute atomic E-state index is 4.35. The summed E-state index contributed by atoms with van der Waals surface area (Å²) >= 11 is 0. The molecule has 0 saturated carbocycles. The van der Waals surface area contributed by atoms with Gasteiger partial charge in [0.1, 0.15) is 7.05 Å². The van der Waals surface area contributed by atoms with Crippen molar-refractivity contribution in [2.24, 2.45) is 7.05 Å². The van der Waals surface area contributed by atoms with Gasteiger partial charge in [0.2, 0.25) is 11.4 Å². The molecule has 0 fully saturated rings. The molecule has 0 unspecified atom stereocenters. The lowest BCUT2D eigenvalue weighted by Gasteiger charge is -2.21. The summed E-state index contributed by atoms with van der Waals surface area (Å²) in [5.74, 6) is 0. The van der Waals surface area contributed by atoms with E-state index in [0.717, 1.165) is 5.69 Å². The quantitative estimate of drug-likeness (QED) is 0.654. The molecular formula is C22H27N3+2. The Morgan fingerprint density at radius 2 is 1.76 bits per heavy atom. The summed E-state index contributed by atoms with van der Waals surface area (Å²) in [6.07, 6.45) is 7.90.